The zero-order valence-corrected chi connectivity index (χ0v) is 7.69. The molecule has 0 aromatic carbocycles. The topological polar surface area (TPSA) is 35.5 Å². The predicted octanol–water partition coefficient (Wildman–Crippen LogP) is 1.68. The summed E-state index contributed by atoms with van der Waals surface area (Å²) in [5.74, 6) is -1.46. The fraction of sp³-hybridized carbons (Fsp3) is 0.625. The summed E-state index contributed by atoms with van der Waals surface area (Å²) in [5, 5.41) is 0. The average molecular weight is 212 g/mol. The Morgan fingerprint density at radius 3 is 2.36 bits per heavy atom. The van der Waals surface area contributed by atoms with E-state index in [0.29, 0.717) is 6.61 Å². The van der Waals surface area contributed by atoms with Crippen LogP contribution in [0.2, 0.25) is 0 Å². The Labute approximate surface area is 79.5 Å². The van der Waals surface area contributed by atoms with Gasteiger partial charge in [-0.1, -0.05) is 6.58 Å². The number of rotatable bonds is 5. The van der Waals surface area contributed by atoms with Crippen LogP contribution in [0.5, 0.6) is 0 Å². The van der Waals surface area contributed by atoms with Crippen LogP contribution in [0.15, 0.2) is 12.2 Å². The number of ether oxygens (including phenoxy) is 2. The van der Waals surface area contributed by atoms with Crippen molar-refractivity contribution >= 4 is 5.97 Å². The molecule has 0 unspecified atom stereocenters. The van der Waals surface area contributed by atoms with E-state index >= 15 is 0 Å². The van der Waals surface area contributed by atoms with Gasteiger partial charge < -0.3 is 9.47 Å². The van der Waals surface area contributed by atoms with Crippen molar-refractivity contribution < 1.29 is 27.4 Å². The fourth-order valence-corrected chi connectivity index (χ4v) is 0.540. The largest absolute Gasteiger partial charge is 0.460 e. The molecule has 0 N–H and O–H groups in total. The molecular weight excluding hydrogens is 201 g/mol. The van der Waals surface area contributed by atoms with Crippen LogP contribution in [0.1, 0.15) is 6.92 Å². The van der Waals surface area contributed by atoms with Gasteiger partial charge in [-0.2, -0.15) is 13.2 Å². The average Bonchev–Trinajstić information content (AvgIpc) is 2.09. The maximum Gasteiger partial charge on any atom is 0.422 e. The van der Waals surface area contributed by atoms with Gasteiger partial charge in [0.25, 0.3) is 0 Å². The summed E-state index contributed by atoms with van der Waals surface area (Å²) in [4.78, 5) is 10.7. The van der Waals surface area contributed by atoms with Crippen molar-refractivity contribution in [2.45, 2.75) is 13.1 Å². The number of carbonyl (C=O) groups is 1. The number of halogens is 3. The lowest BCUT2D eigenvalue weighted by Gasteiger charge is -2.09. The number of alkyl halides is 3. The smallest absolute Gasteiger partial charge is 0.422 e. The summed E-state index contributed by atoms with van der Waals surface area (Å²) in [6.45, 7) is 4.59. The molecule has 0 atom stereocenters. The lowest BCUT2D eigenvalue weighted by atomic mass is 10.3. The minimum atomic E-state index is -4.73. The zero-order chi connectivity index (χ0) is 11.2. The van der Waals surface area contributed by atoms with E-state index < -0.39 is 17.7 Å². The molecule has 82 valence electrons. The maximum atomic E-state index is 11.8. The first-order valence-corrected chi connectivity index (χ1v) is 3.90. The monoisotopic (exact) mass is 212 g/mol. The zero-order valence-electron chi connectivity index (χ0n) is 7.69. The molecule has 0 saturated carbocycles. The third kappa shape index (κ3) is 4.86. The van der Waals surface area contributed by atoms with Crippen LogP contribution in [-0.2, 0) is 14.3 Å². The summed E-state index contributed by atoms with van der Waals surface area (Å²) >= 11 is 0. The molecule has 0 fully saturated rings. The van der Waals surface area contributed by atoms with E-state index in [4.69, 9.17) is 4.74 Å². The summed E-state index contributed by atoms with van der Waals surface area (Å²) in [7, 11) is 0. The summed E-state index contributed by atoms with van der Waals surface area (Å²) in [5.41, 5.74) is -1.51. The second kappa shape index (κ2) is 5.64. The first-order valence-electron chi connectivity index (χ1n) is 3.90. The Bertz CT molecular complexity index is 210. The van der Waals surface area contributed by atoms with Gasteiger partial charge in [-0.15, -0.1) is 0 Å². The summed E-state index contributed by atoms with van der Waals surface area (Å²) in [6.07, 6.45) is -4.73. The van der Waals surface area contributed by atoms with Crippen LogP contribution in [-0.4, -0.2) is 32.0 Å². The second-order valence-corrected chi connectivity index (χ2v) is 2.31. The molecular formula is C8H11F3O3. The molecule has 14 heavy (non-hydrogen) atoms. The first kappa shape index (κ1) is 13.0. The second-order valence-electron chi connectivity index (χ2n) is 2.31. The molecule has 0 aliphatic rings. The molecule has 0 bridgehead atoms. The lowest BCUT2D eigenvalue weighted by molar-refractivity contribution is -0.151. The molecule has 6 heteroatoms. The van der Waals surface area contributed by atoms with Gasteiger partial charge >= 0.3 is 12.1 Å². The Morgan fingerprint density at radius 1 is 1.36 bits per heavy atom. The highest BCUT2D eigenvalue weighted by molar-refractivity contribution is 5.89. The third-order valence-corrected chi connectivity index (χ3v) is 1.25. The number of esters is 1. The minimum absolute atomic E-state index is 0.0768. The van der Waals surface area contributed by atoms with Crippen molar-refractivity contribution in [2.75, 3.05) is 19.8 Å². The highest BCUT2D eigenvalue weighted by Gasteiger charge is 2.37. The fourth-order valence-electron chi connectivity index (χ4n) is 0.540. The standard InChI is InChI=1S/C8H11F3O3/c1-3-13-4-5-14-7(12)6(2)8(9,10)11/h2-5H2,1H3. The van der Waals surface area contributed by atoms with Crippen molar-refractivity contribution in [2.24, 2.45) is 0 Å². The van der Waals surface area contributed by atoms with Gasteiger partial charge in [-0.25, -0.2) is 4.79 Å². The van der Waals surface area contributed by atoms with E-state index in [2.05, 4.69) is 11.3 Å². The van der Waals surface area contributed by atoms with Crippen LogP contribution >= 0.6 is 0 Å². The Hall–Kier alpha value is -1.04. The normalized spacial score (nSPS) is 11.1. The molecule has 0 aromatic heterocycles. The van der Waals surface area contributed by atoms with Gasteiger partial charge in [0.15, 0.2) is 0 Å². The molecule has 0 spiro atoms. The molecule has 3 nitrogen and oxygen atoms in total. The Balaban J connectivity index is 3.81. The Kier molecular flexibility index (Phi) is 5.22. The van der Waals surface area contributed by atoms with Gasteiger partial charge in [-0.05, 0) is 6.92 Å². The van der Waals surface area contributed by atoms with E-state index in [1.165, 1.54) is 0 Å². The number of hydrogen-bond acceptors (Lipinski definition) is 3. The van der Waals surface area contributed by atoms with Crippen molar-refractivity contribution in [3.05, 3.63) is 12.2 Å². The van der Waals surface area contributed by atoms with Gasteiger partial charge in [-0.3, -0.25) is 0 Å². The van der Waals surface area contributed by atoms with Crippen molar-refractivity contribution in [3.63, 3.8) is 0 Å². The molecule has 0 amide bonds. The van der Waals surface area contributed by atoms with Gasteiger partial charge in [0.2, 0.25) is 0 Å². The molecule has 0 aliphatic heterocycles. The number of carbonyl (C=O) groups excluding carboxylic acids is 1. The molecule has 0 saturated heterocycles. The lowest BCUT2D eigenvalue weighted by Crippen LogP contribution is -2.22. The van der Waals surface area contributed by atoms with Gasteiger partial charge in [0.05, 0.1) is 6.61 Å². The third-order valence-electron chi connectivity index (χ3n) is 1.25. The molecule has 0 aliphatic carbocycles. The first-order chi connectivity index (χ1) is 6.39. The van der Waals surface area contributed by atoms with Gasteiger partial charge in [0, 0.05) is 6.61 Å². The van der Waals surface area contributed by atoms with Crippen molar-refractivity contribution in [3.8, 4) is 0 Å². The van der Waals surface area contributed by atoms with Crippen molar-refractivity contribution in [1.82, 2.24) is 0 Å². The van der Waals surface area contributed by atoms with Crippen LogP contribution in [0.4, 0.5) is 13.2 Å². The summed E-state index contributed by atoms with van der Waals surface area (Å²) in [6, 6.07) is 0. The molecule has 0 radical (unpaired) electrons. The maximum absolute atomic E-state index is 11.8. The van der Waals surface area contributed by atoms with Crippen molar-refractivity contribution in [1.29, 1.82) is 0 Å². The van der Waals surface area contributed by atoms with Gasteiger partial charge in [0.1, 0.15) is 12.2 Å². The minimum Gasteiger partial charge on any atom is -0.460 e. The Morgan fingerprint density at radius 2 is 1.93 bits per heavy atom. The van der Waals surface area contributed by atoms with E-state index in [0.717, 1.165) is 0 Å². The van der Waals surface area contributed by atoms with Crippen LogP contribution < -0.4 is 0 Å². The van der Waals surface area contributed by atoms with E-state index in [1.807, 2.05) is 0 Å². The molecule has 0 aromatic rings. The highest BCUT2D eigenvalue weighted by atomic mass is 19.4. The molecule has 0 rings (SSSR count). The van der Waals surface area contributed by atoms with Crippen LogP contribution in [0, 0.1) is 0 Å². The van der Waals surface area contributed by atoms with E-state index in [1.54, 1.807) is 6.92 Å². The SMILES string of the molecule is C=C(C(=O)OCCOCC)C(F)(F)F. The molecule has 0 heterocycles. The predicted molar refractivity (Wildman–Crippen MR) is 42.6 cm³/mol. The highest BCUT2D eigenvalue weighted by Crippen LogP contribution is 2.24. The quantitative estimate of drug-likeness (QED) is 0.395. The van der Waals surface area contributed by atoms with Crippen LogP contribution in [0.25, 0.3) is 0 Å². The summed E-state index contributed by atoms with van der Waals surface area (Å²) < 4.78 is 44.5. The number of hydrogen-bond donors (Lipinski definition) is 0. The van der Waals surface area contributed by atoms with E-state index in [-0.39, 0.29) is 13.2 Å². The van der Waals surface area contributed by atoms with E-state index in [9.17, 15) is 18.0 Å². The van der Waals surface area contributed by atoms with Crippen LogP contribution in [0.3, 0.4) is 0 Å².